The number of hydrogen-bond donors (Lipinski definition) is 0. The summed E-state index contributed by atoms with van der Waals surface area (Å²) >= 11 is 5.97. The molecule has 180 valence electrons. The second kappa shape index (κ2) is 8.39. The van der Waals surface area contributed by atoms with Crippen LogP contribution < -0.4 is 10.5 Å². The Labute approximate surface area is 204 Å². The SMILES string of the molecule is Cc1nc2cc(N3CCO[C@@H](c4noc(C5CC5)n4)C3)nc(-c3ccc(Cl)cc3F)c2c(=O)n1C. The first kappa shape index (κ1) is 22.1. The summed E-state index contributed by atoms with van der Waals surface area (Å²) < 4.78 is 27.7. The molecule has 1 atom stereocenters. The number of ether oxygens (including phenoxy) is 1. The molecule has 1 aliphatic heterocycles. The van der Waals surface area contributed by atoms with E-state index < -0.39 is 11.9 Å². The van der Waals surface area contributed by atoms with E-state index in [1.54, 1.807) is 26.1 Å². The Morgan fingerprint density at radius 2 is 2.00 bits per heavy atom. The fourth-order valence-corrected chi connectivity index (χ4v) is 4.47. The van der Waals surface area contributed by atoms with Crippen LogP contribution >= 0.6 is 11.6 Å². The van der Waals surface area contributed by atoms with Crippen molar-refractivity contribution in [1.29, 1.82) is 0 Å². The molecule has 0 N–H and O–H groups in total. The maximum Gasteiger partial charge on any atom is 0.263 e. The van der Waals surface area contributed by atoms with Gasteiger partial charge in [0.25, 0.3) is 5.56 Å². The highest BCUT2D eigenvalue weighted by Gasteiger charge is 2.33. The van der Waals surface area contributed by atoms with Crippen LogP contribution in [0.2, 0.25) is 5.02 Å². The topological polar surface area (TPSA) is 99.2 Å². The van der Waals surface area contributed by atoms with E-state index in [4.69, 9.17) is 25.8 Å². The standard InChI is InChI=1S/C24H22ClFN6O3/c1-12-27-17-10-19(32-7-8-34-18(11-32)22-29-23(35-30-22)13-3-4-13)28-21(20(17)24(33)31(12)2)15-6-5-14(25)9-16(15)26/h5-6,9-10,13,18H,3-4,7-8,11H2,1-2H3/t18-/m1/s1. The van der Waals surface area contributed by atoms with Gasteiger partial charge in [-0.15, -0.1) is 0 Å². The maximum atomic E-state index is 15.0. The van der Waals surface area contributed by atoms with E-state index in [0.29, 0.717) is 54.5 Å². The number of nitrogens with zero attached hydrogens (tertiary/aromatic N) is 6. The number of fused-ring (bicyclic) bond motifs is 1. The first-order valence-corrected chi connectivity index (χ1v) is 11.8. The second-order valence-corrected chi connectivity index (χ2v) is 9.38. The third-order valence-corrected chi connectivity index (χ3v) is 6.76. The summed E-state index contributed by atoms with van der Waals surface area (Å²) in [5.74, 6) is 2.05. The van der Waals surface area contributed by atoms with Crippen LogP contribution in [0.4, 0.5) is 10.2 Å². The highest BCUT2D eigenvalue weighted by molar-refractivity contribution is 6.30. The van der Waals surface area contributed by atoms with Crippen molar-refractivity contribution in [3.63, 3.8) is 0 Å². The number of pyridine rings is 1. The molecule has 0 radical (unpaired) electrons. The molecule has 0 amide bonds. The fourth-order valence-electron chi connectivity index (χ4n) is 4.31. The van der Waals surface area contributed by atoms with Crippen molar-refractivity contribution >= 4 is 28.3 Å². The molecule has 3 aromatic heterocycles. The van der Waals surface area contributed by atoms with Crippen LogP contribution in [0.15, 0.2) is 33.6 Å². The summed E-state index contributed by atoms with van der Waals surface area (Å²) in [5.41, 5.74) is 0.549. The normalized spacial score (nSPS) is 18.4. The molecule has 35 heavy (non-hydrogen) atoms. The van der Waals surface area contributed by atoms with E-state index in [2.05, 4.69) is 15.1 Å². The first-order valence-electron chi connectivity index (χ1n) is 11.4. The minimum absolute atomic E-state index is 0.182. The van der Waals surface area contributed by atoms with Crippen LogP contribution in [0.5, 0.6) is 0 Å². The van der Waals surface area contributed by atoms with Gasteiger partial charge in [-0.1, -0.05) is 16.8 Å². The van der Waals surface area contributed by atoms with Gasteiger partial charge in [-0.05, 0) is 38.0 Å². The van der Waals surface area contributed by atoms with Gasteiger partial charge in [-0.3, -0.25) is 9.36 Å². The van der Waals surface area contributed by atoms with Gasteiger partial charge in [0.2, 0.25) is 11.7 Å². The van der Waals surface area contributed by atoms with Crippen LogP contribution in [0.1, 0.15) is 42.4 Å². The summed E-state index contributed by atoms with van der Waals surface area (Å²) in [5, 5.41) is 4.63. The van der Waals surface area contributed by atoms with E-state index in [0.717, 1.165) is 12.8 Å². The van der Waals surface area contributed by atoms with Crippen LogP contribution in [-0.2, 0) is 11.8 Å². The van der Waals surface area contributed by atoms with Gasteiger partial charge in [-0.25, -0.2) is 14.4 Å². The number of morpholine rings is 1. The molecule has 2 aliphatic rings. The lowest BCUT2D eigenvalue weighted by molar-refractivity contribution is 0.0324. The maximum absolute atomic E-state index is 15.0. The first-order chi connectivity index (χ1) is 16.9. The summed E-state index contributed by atoms with van der Waals surface area (Å²) in [6, 6.07) is 6.07. The molecule has 1 saturated carbocycles. The lowest BCUT2D eigenvalue weighted by Gasteiger charge is -2.32. The van der Waals surface area contributed by atoms with Gasteiger partial charge in [0, 0.05) is 36.2 Å². The molecule has 1 aliphatic carbocycles. The third-order valence-electron chi connectivity index (χ3n) is 6.52. The Morgan fingerprint density at radius 1 is 1.17 bits per heavy atom. The molecule has 4 heterocycles. The van der Waals surface area contributed by atoms with Crippen molar-refractivity contribution in [2.45, 2.75) is 31.8 Å². The zero-order chi connectivity index (χ0) is 24.3. The van der Waals surface area contributed by atoms with Crippen LogP contribution in [-0.4, -0.2) is 44.4 Å². The molecule has 0 unspecified atom stereocenters. The largest absolute Gasteiger partial charge is 0.366 e. The zero-order valence-electron chi connectivity index (χ0n) is 19.2. The van der Waals surface area contributed by atoms with Crippen molar-refractivity contribution in [3.8, 4) is 11.3 Å². The number of hydrogen-bond acceptors (Lipinski definition) is 8. The van der Waals surface area contributed by atoms with Gasteiger partial charge in [0.1, 0.15) is 23.6 Å². The molecule has 4 aromatic rings. The molecular formula is C24H22ClFN6O3. The quantitative estimate of drug-likeness (QED) is 0.419. The Kier molecular flexibility index (Phi) is 5.30. The Bertz CT molecular complexity index is 1520. The van der Waals surface area contributed by atoms with E-state index >= 15 is 0 Å². The molecular weight excluding hydrogens is 475 g/mol. The summed E-state index contributed by atoms with van der Waals surface area (Å²) in [6.45, 7) is 3.15. The van der Waals surface area contributed by atoms with Crippen LogP contribution in [0, 0.1) is 12.7 Å². The number of aromatic nitrogens is 5. The van der Waals surface area contributed by atoms with Gasteiger partial charge in [0.05, 0.1) is 29.7 Å². The minimum atomic E-state index is -0.565. The van der Waals surface area contributed by atoms with Crippen molar-refractivity contribution in [2.24, 2.45) is 7.05 Å². The fraction of sp³-hybridized carbons (Fsp3) is 0.375. The summed E-state index contributed by atoms with van der Waals surface area (Å²) in [7, 11) is 1.63. The zero-order valence-corrected chi connectivity index (χ0v) is 19.9. The van der Waals surface area contributed by atoms with Gasteiger partial charge in [-0.2, -0.15) is 4.98 Å². The van der Waals surface area contributed by atoms with E-state index in [9.17, 15) is 9.18 Å². The molecule has 1 aromatic carbocycles. The number of rotatable bonds is 4. The highest BCUT2D eigenvalue weighted by atomic mass is 35.5. The predicted molar refractivity (Wildman–Crippen MR) is 127 cm³/mol. The van der Waals surface area contributed by atoms with E-state index in [1.807, 2.05) is 4.90 Å². The number of halogens is 2. The van der Waals surface area contributed by atoms with E-state index in [-0.39, 0.29) is 27.2 Å². The van der Waals surface area contributed by atoms with Crippen molar-refractivity contribution < 1.29 is 13.7 Å². The molecule has 6 rings (SSSR count). The van der Waals surface area contributed by atoms with Crippen molar-refractivity contribution in [2.75, 3.05) is 24.6 Å². The van der Waals surface area contributed by atoms with Crippen molar-refractivity contribution in [1.82, 2.24) is 24.7 Å². The highest BCUT2D eigenvalue weighted by Crippen LogP contribution is 2.39. The van der Waals surface area contributed by atoms with Crippen LogP contribution in [0.3, 0.4) is 0 Å². The Hall–Kier alpha value is -3.37. The molecule has 11 heteroatoms. The van der Waals surface area contributed by atoms with Gasteiger partial charge < -0.3 is 14.2 Å². The molecule has 0 spiro atoms. The van der Waals surface area contributed by atoms with E-state index in [1.165, 1.54) is 16.7 Å². The third kappa shape index (κ3) is 3.96. The van der Waals surface area contributed by atoms with Crippen molar-refractivity contribution in [3.05, 3.63) is 63.0 Å². The minimum Gasteiger partial charge on any atom is -0.366 e. The number of aryl methyl sites for hydroxylation is 1. The lowest BCUT2D eigenvalue weighted by atomic mass is 10.1. The van der Waals surface area contributed by atoms with Gasteiger partial charge >= 0.3 is 0 Å². The molecule has 1 saturated heterocycles. The lowest BCUT2D eigenvalue weighted by Crippen LogP contribution is -2.39. The molecule has 2 fully saturated rings. The van der Waals surface area contributed by atoms with Crippen LogP contribution in [0.25, 0.3) is 22.2 Å². The Morgan fingerprint density at radius 3 is 2.77 bits per heavy atom. The smallest absolute Gasteiger partial charge is 0.263 e. The number of anilines is 1. The average Bonchev–Trinajstić information content (AvgIpc) is 3.58. The monoisotopic (exact) mass is 496 g/mol. The number of benzene rings is 1. The summed E-state index contributed by atoms with van der Waals surface area (Å²) in [6.07, 6.45) is 1.73. The summed E-state index contributed by atoms with van der Waals surface area (Å²) in [4.78, 5) is 29.1. The molecule has 0 bridgehead atoms. The second-order valence-electron chi connectivity index (χ2n) is 8.94. The predicted octanol–water partition coefficient (Wildman–Crippen LogP) is 3.93. The average molecular weight is 497 g/mol. The van der Waals surface area contributed by atoms with Gasteiger partial charge in [0.15, 0.2) is 0 Å². The molecule has 9 nitrogen and oxygen atoms in total. The Balaban J connectivity index is 1.45.